The van der Waals surface area contributed by atoms with Crippen LogP contribution in [0.15, 0.2) is 24.3 Å². The number of nitrogens with zero attached hydrogens (tertiary/aromatic N) is 2. The highest BCUT2D eigenvalue weighted by atomic mass is 16.5. The Morgan fingerprint density at radius 2 is 2.22 bits per heavy atom. The third kappa shape index (κ3) is 2.13. The molecule has 1 saturated heterocycles. The van der Waals surface area contributed by atoms with E-state index in [2.05, 4.69) is 7.05 Å². The second-order valence-electron chi connectivity index (χ2n) is 4.91. The van der Waals surface area contributed by atoms with E-state index in [0.29, 0.717) is 19.7 Å². The lowest BCUT2D eigenvalue weighted by Gasteiger charge is -2.37. The fourth-order valence-electron chi connectivity index (χ4n) is 2.60. The summed E-state index contributed by atoms with van der Waals surface area (Å²) in [5.41, 5.74) is 1.95. The molecule has 0 saturated carbocycles. The molecule has 0 aromatic heterocycles. The minimum absolute atomic E-state index is 0.0783. The highest BCUT2D eigenvalue weighted by molar-refractivity contribution is 5.98. The molecule has 1 amide bonds. The van der Waals surface area contributed by atoms with Gasteiger partial charge in [-0.2, -0.15) is 0 Å². The van der Waals surface area contributed by atoms with E-state index in [1.807, 2.05) is 34.1 Å². The van der Waals surface area contributed by atoms with Gasteiger partial charge in [-0.15, -0.1) is 0 Å². The van der Waals surface area contributed by atoms with Gasteiger partial charge in [-0.05, 0) is 24.7 Å². The number of morpholine rings is 1. The Kier molecular flexibility index (Phi) is 3.06. The standard InChI is InChI=1S/C14H17N2O2/c1-15-6-7-18-12(9-15)10-16-8-11-4-2-3-5-13(11)14(16)17/h2-5,12H,1,6-10H2/q-1. The minimum Gasteiger partial charge on any atom is -0.455 e. The van der Waals surface area contributed by atoms with Gasteiger partial charge in [0.2, 0.25) is 0 Å². The number of ether oxygens (including phenoxy) is 1. The molecular formula is C14H17N2O2-. The van der Waals surface area contributed by atoms with Gasteiger partial charge >= 0.3 is 0 Å². The van der Waals surface area contributed by atoms with Gasteiger partial charge in [0.15, 0.2) is 0 Å². The lowest BCUT2D eigenvalue weighted by Crippen LogP contribution is -2.45. The Morgan fingerprint density at radius 3 is 3.00 bits per heavy atom. The number of hydrogen-bond donors (Lipinski definition) is 0. The topological polar surface area (TPSA) is 32.8 Å². The van der Waals surface area contributed by atoms with Crippen molar-refractivity contribution in [2.45, 2.75) is 12.6 Å². The van der Waals surface area contributed by atoms with Crippen molar-refractivity contribution in [2.75, 3.05) is 26.2 Å². The Labute approximate surface area is 107 Å². The zero-order valence-corrected chi connectivity index (χ0v) is 10.3. The molecule has 96 valence electrons. The van der Waals surface area contributed by atoms with E-state index in [9.17, 15) is 4.79 Å². The molecule has 18 heavy (non-hydrogen) atoms. The summed E-state index contributed by atoms with van der Waals surface area (Å²) < 4.78 is 5.68. The van der Waals surface area contributed by atoms with Crippen molar-refractivity contribution in [3.8, 4) is 0 Å². The predicted octanol–water partition coefficient (Wildman–Crippen LogP) is 1.13. The molecule has 3 rings (SSSR count). The Bertz CT molecular complexity index is 461. The largest absolute Gasteiger partial charge is 0.455 e. The van der Waals surface area contributed by atoms with E-state index in [1.165, 1.54) is 0 Å². The van der Waals surface area contributed by atoms with Crippen molar-refractivity contribution in [3.05, 3.63) is 42.4 Å². The fourth-order valence-corrected chi connectivity index (χ4v) is 2.60. The van der Waals surface area contributed by atoms with E-state index < -0.39 is 0 Å². The first kappa shape index (κ1) is 11.7. The summed E-state index contributed by atoms with van der Waals surface area (Å²) in [7, 11) is 3.93. The normalized spacial score (nSPS) is 24.4. The quantitative estimate of drug-likeness (QED) is 0.732. The van der Waals surface area contributed by atoms with E-state index in [4.69, 9.17) is 4.74 Å². The van der Waals surface area contributed by atoms with Crippen LogP contribution in [0.2, 0.25) is 0 Å². The molecule has 1 unspecified atom stereocenters. The number of fused-ring (bicyclic) bond motifs is 1. The van der Waals surface area contributed by atoms with Crippen LogP contribution in [-0.2, 0) is 11.3 Å². The van der Waals surface area contributed by atoms with Gasteiger partial charge in [-0.1, -0.05) is 18.2 Å². The van der Waals surface area contributed by atoms with Crippen molar-refractivity contribution >= 4 is 5.91 Å². The van der Waals surface area contributed by atoms with Gasteiger partial charge in [-0.25, -0.2) is 0 Å². The highest BCUT2D eigenvalue weighted by Gasteiger charge is 2.29. The van der Waals surface area contributed by atoms with Crippen LogP contribution in [0.5, 0.6) is 0 Å². The summed E-state index contributed by atoms with van der Waals surface area (Å²) in [4.78, 5) is 16.1. The third-order valence-electron chi connectivity index (χ3n) is 3.54. The Morgan fingerprint density at radius 1 is 1.39 bits per heavy atom. The van der Waals surface area contributed by atoms with Crippen LogP contribution in [0.25, 0.3) is 0 Å². The molecule has 1 aromatic rings. The molecule has 0 N–H and O–H groups in total. The average molecular weight is 245 g/mol. The SMILES string of the molecule is [CH2-]N1CCOC(CN2Cc3ccccc3C2=O)C1. The summed E-state index contributed by atoms with van der Waals surface area (Å²) in [5, 5.41) is 0. The number of hydrogen-bond acceptors (Lipinski definition) is 3. The molecule has 4 nitrogen and oxygen atoms in total. The van der Waals surface area contributed by atoms with Gasteiger partial charge in [0.25, 0.3) is 5.91 Å². The van der Waals surface area contributed by atoms with Gasteiger partial charge in [0.1, 0.15) is 0 Å². The zero-order valence-electron chi connectivity index (χ0n) is 10.3. The number of carbonyl (C=O) groups is 1. The van der Waals surface area contributed by atoms with Gasteiger partial charge in [0.05, 0.1) is 12.7 Å². The molecule has 0 spiro atoms. The van der Waals surface area contributed by atoms with Crippen molar-refractivity contribution in [3.63, 3.8) is 0 Å². The van der Waals surface area contributed by atoms with Gasteiger partial charge in [0, 0.05) is 18.7 Å². The molecule has 2 aliphatic rings. The lowest BCUT2D eigenvalue weighted by atomic mass is 10.1. The molecular weight excluding hydrogens is 228 g/mol. The molecule has 4 heteroatoms. The van der Waals surface area contributed by atoms with Crippen molar-refractivity contribution < 1.29 is 9.53 Å². The Hall–Kier alpha value is -1.39. The minimum atomic E-state index is 0.0783. The summed E-state index contributed by atoms with van der Waals surface area (Å²) in [6.45, 7) is 3.71. The monoisotopic (exact) mass is 245 g/mol. The van der Waals surface area contributed by atoms with Crippen LogP contribution in [-0.4, -0.2) is 48.1 Å². The predicted molar refractivity (Wildman–Crippen MR) is 67.9 cm³/mol. The van der Waals surface area contributed by atoms with Gasteiger partial charge in [-0.3, -0.25) is 11.8 Å². The smallest absolute Gasteiger partial charge is 0.254 e. The first-order valence-electron chi connectivity index (χ1n) is 6.28. The van der Waals surface area contributed by atoms with Gasteiger partial charge < -0.3 is 14.5 Å². The van der Waals surface area contributed by atoms with Crippen molar-refractivity contribution in [2.24, 2.45) is 0 Å². The number of carbonyl (C=O) groups excluding carboxylic acids is 1. The second kappa shape index (κ2) is 4.71. The molecule has 1 aromatic carbocycles. The lowest BCUT2D eigenvalue weighted by molar-refractivity contribution is -0.0275. The zero-order chi connectivity index (χ0) is 12.5. The van der Waals surface area contributed by atoms with Crippen LogP contribution in [0.1, 0.15) is 15.9 Å². The molecule has 0 radical (unpaired) electrons. The number of rotatable bonds is 2. The van der Waals surface area contributed by atoms with E-state index >= 15 is 0 Å². The average Bonchev–Trinajstić information content (AvgIpc) is 2.67. The van der Waals surface area contributed by atoms with Crippen LogP contribution < -0.4 is 0 Å². The Balaban J connectivity index is 1.67. The van der Waals surface area contributed by atoms with Crippen LogP contribution in [0, 0.1) is 7.05 Å². The third-order valence-corrected chi connectivity index (χ3v) is 3.54. The second-order valence-corrected chi connectivity index (χ2v) is 4.91. The first-order valence-corrected chi connectivity index (χ1v) is 6.28. The number of benzene rings is 1. The molecule has 0 aliphatic carbocycles. The van der Waals surface area contributed by atoms with Crippen molar-refractivity contribution in [1.82, 2.24) is 9.80 Å². The van der Waals surface area contributed by atoms with Crippen LogP contribution in [0.3, 0.4) is 0 Å². The maximum Gasteiger partial charge on any atom is 0.254 e. The first-order chi connectivity index (χ1) is 8.74. The maximum absolute atomic E-state index is 12.2. The fraction of sp³-hybridized carbons (Fsp3) is 0.429. The van der Waals surface area contributed by atoms with E-state index in [0.717, 1.165) is 24.2 Å². The molecule has 1 fully saturated rings. The van der Waals surface area contributed by atoms with Crippen LogP contribution >= 0.6 is 0 Å². The molecule has 0 bridgehead atoms. The molecule has 2 heterocycles. The molecule has 1 atom stereocenters. The summed E-state index contributed by atoms with van der Waals surface area (Å²) >= 11 is 0. The summed E-state index contributed by atoms with van der Waals surface area (Å²) in [5.74, 6) is 0.121. The molecule has 2 aliphatic heterocycles. The summed E-state index contributed by atoms with van der Waals surface area (Å²) in [6, 6.07) is 7.80. The van der Waals surface area contributed by atoms with Crippen molar-refractivity contribution in [1.29, 1.82) is 0 Å². The van der Waals surface area contributed by atoms with E-state index in [-0.39, 0.29) is 12.0 Å². The highest BCUT2D eigenvalue weighted by Crippen LogP contribution is 2.23. The number of amides is 1. The maximum atomic E-state index is 12.2. The summed E-state index contributed by atoms with van der Waals surface area (Å²) in [6.07, 6.45) is 0.0783. The van der Waals surface area contributed by atoms with Crippen LogP contribution in [0.4, 0.5) is 0 Å². The van der Waals surface area contributed by atoms with E-state index in [1.54, 1.807) is 0 Å².